The molecule has 0 aliphatic heterocycles. The van der Waals surface area contributed by atoms with E-state index in [0.29, 0.717) is 0 Å². The van der Waals surface area contributed by atoms with Gasteiger partial charge in [0, 0.05) is 33.2 Å². The molecule has 0 amide bonds. The van der Waals surface area contributed by atoms with Crippen LogP contribution in [0.1, 0.15) is 0 Å². The molecule has 0 aliphatic carbocycles. The first kappa shape index (κ1) is 41.5. The Labute approximate surface area is 418 Å². The summed E-state index contributed by atoms with van der Waals surface area (Å²) in [6, 6.07) is 102. The Hall–Kier alpha value is -9.50. The number of hydrogen-bond acceptors (Lipinski definition) is 1. The van der Waals surface area contributed by atoms with E-state index in [4.69, 9.17) is 0 Å². The molecule has 0 saturated heterocycles. The first-order valence-corrected chi connectivity index (χ1v) is 24.8. The maximum Gasteiger partial charge on any atom is 0.0547 e. The number of aromatic nitrogens is 1. The molecule has 0 atom stereocenters. The summed E-state index contributed by atoms with van der Waals surface area (Å²) in [5, 5.41) is 12.4. The summed E-state index contributed by atoms with van der Waals surface area (Å²) < 4.78 is 2.40. The largest absolute Gasteiger partial charge is 0.310 e. The zero-order chi connectivity index (χ0) is 47.5. The second-order valence-electron chi connectivity index (χ2n) is 18.8. The highest BCUT2D eigenvalue weighted by atomic mass is 15.1. The smallest absolute Gasteiger partial charge is 0.0547 e. The van der Waals surface area contributed by atoms with E-state index in [1.54, 1.807) is 0 Å². The van der Waals surface area contributed by atoms with E-state index in [0.717, 1.165) is 33.9 Å². The van der Waals surface area contributed by atoms with E-state index in [-0.39, 0.29) is 0 Å². The number of hydrogen-bond donors (Lipinski definition) is 0. The molecule has 336 valence electrons. The predicted octanol–water partition coefficient (Wildman–Crippen LogP) is 19.5. The van der Waals surface area contributed by atoms with Crippen molar-refractivity contribution in [2.75, 3.05) is 4.90 Å². The van der Waals surface area contributed by atoms with Crippen LogP contribution < -0.4 is 4.90 Å². The Bertz CT molecular complexity index is 4360. The summed E-state index contributed by atoms with van der Waals surface area (Å²) in [5.74, 6) is 0. The van der Waals surface area contributed by atoms with Crippen molar-refractivity contribution in [3.63, 3.8) is 0 Å². The van der Waals surface area contributed by atoms with Crippen molar-refractivity contribution in [1.82, 2.24) is 4.57 Å². The zero-order valence-corrected chi connectivity index (χ0v) is 39.5. The summed E-state index contributed by atoms with van der Waals surface area (Å²) >= 11 is 0. The van der Waals surface area contributed by atoms with Crippen molar-refractivity contribution >= 4 is 82.0 Å². The molecule has 2 heteroatoms. The number of nitrogens with zero attached hydrogens (tertiary/aromatic N) is 2. The van der Waals surface area contributed by atoms with Gasteiger partial charge in [0.2, 0.25) is 0 Å². The van der Waals surface area contributed by atoms with Crippen molar-refractivity contribution in [2.45, 2.75) is 0 Å². The van der Waals surface area contributed by atoms with Gasteiger partial charge in [-0.05, 0) is 143 Å². The molecule has 2 nitrogen and oxygen atoms in total. The minimum Gasteiger partial charge on any atom is -0.310 e. The van der Waals surface area contributed by atoms with Crippen molar-refractivity contribution in [3.05, 3.63) is 279 Å². The molecule has 0 radical (unpaired) electrons. The second kappa shape index (κ2) is 17.2. The highest BCUT2D eigenvalue weighted by Gasteiger charge is 2.22. The summed E-state index contributed by atoms with van der Waals surface area (Å²) in [5.41, 5.74) is 16.5. The average Bonchev–Trinajstić information content (AvgIpc) is 3.80. The quantitative estimate of drug-likeness (QED) is 0.138. The highest BCUT2D eigenvalue weighted by molar-refractivity contribution is 6.22. The van der Waals surface area contributed by atoms with Gasteiger partial charge < -0.3 is 9.47 Å². The third-order valence-electron chi connectivity index (χ3n) is 14.7. The number of anilines is 3. The third-order valence-corrected chi connectivity index (χ3v) is 14.7. The highest BCUT2D eigenvalue weighted by Crippen LogP contribution is 2.48. The van der Waals surface area contributed by atoms with Gasteiger partial charge in [0.15, 0.2) is 0 Å². The van der Waals surface area contributed by atoms with Gasteiger partial charge in [0.05, 0.1) is 16.7 Å². The Morgan fingerprint density at radius 3 is 1.53 bits per heavy atom. The van der Waals surface area contributed by atoms with Gasteiger partial charge in [-0.15, -0.1) is 0 Å². The molecule has 0 saturated carbocycles. The molecular weight excluding hydrogens is 869 g/mol. The molecule has 0 bridgehead atoms. The van der Waals surface area contributed by atoms with Gasteiger partial charge in [0.1, 0.15) is 0 Å². The Morgan fingerprint density at radius 2 is 0.792 bits per heavy atom. The maximum absolute atomic E-state index is 2.46. The van der Waals surface area contributed by atoms with E-state index >= 15 is 0 Å². The lowest BCUT2D eigenvalue weighted by molar-refractivity contribution is 1.18. The van der Waals surface area contributed by atoms with Crippen LogP contribution in [0.5, 0.6) is 0 Å². The van der Waals surface area contributed by atoms with Crippen LogP contribution >= 0.6 is 0 Å². The Morgan fingerprint density at radius 1 is 0.264 bits per heavy atom. The fourth-order valence-corrected chi connectivity index (χ4v) is 11.6. The lowest BCUT2D eigenvalue weighted by Gasteiger charge is -2.28. The lowest BCUT2D eigenvalue weighted by atomic mass is 9.84. The summed E-state index contributed by atoms with van der Waals surface area (Å²) in [6.45, 7) is 0. The Balaban J connectivity index is 0.956. The van der Waals surface area contributed by atoms with Crippen LogP contribution in [0.25, 0.3) is 115 Å². The minimum atomic E-state index is 1.08. The molecule has 0 fully saturated rings. The van der Waals surface area contributed by atoms with Crippen LogP contribution in [0.15, 0.2) is 279 Å². The maximum atomic E-state index is 2.46. The zero-order valence-electron chi connectivity index (χ0n) is 39.5. The fraction of sp³-hybridized carbons (Fsp3) is 0. The number of para-hydroxylation sites is 2. The minimum absolute atomic E-state index is 1.08. The molecule has 1 heterocycles. The van der Waals surface area contributed by atoms with Gasteiger partial charge in [-0.2, -0.15) is 0 Å². The second-order valence-corrected chi connectivity index (χ2v) is 18.8. The first-order chi connectivity index (χ1) is 35.7. The van der Waals surface area contributed by atoms with Gasteiger partial charge in [-0.25, -0.2) is 0 Å². The molecule has 0 aliphatic rings. The molecule has 13 aromatic carbocycles. The van der Waals surface area contributed by atoms with Crippen molar-refractivity contribution < 1.29 is 0 Å². The topological polar surface area (TPSA) is 8.17 Å². The third kappa shape index (κ3) is 6.80. The predicted molar refractivity (Wildman–Crippen MR) is 307 cm³/mol. The number of benzene rings is 13. The van der Waals surface area contributed by atoms with Gasteiger partial charge in [0.25, 0.3) is 0 Å². The summed E-state index contributed by atoms with van der Waals surface area (Å²) in [4.78, 5) is 2.46. The van der Waals surface area contributed by atoms with Crippen LogP contribution in [0.3, 0.4) is 0 Å². The number of fused-ring (bicyclic) bond motifs is 9. The molecule has 14 rings (SSSR count). The normalized spacial score (nSPS) is 11.6. The van der Waals surface area contributed by atoms with Crippen molar-refractivity contribution in [2.24, 2.45) is 0 Å². The van der Waals surface area contributed by atoms with E-state index in [2.05, 4.69) is 289 Å². The van der Waals surface area contributed by atoms with Crippen molar-refractivity contribution in [1.29, 1.82) is 0 Å². The van der Waals surface area contributed by atoms with Crippen LogP contribution in [0.4, 0.5) is 17.1 Å². The van der Waals surface area contributed by atoms with Crippen LogP contribution in [0, 0.1) is 0 Å². The fourth-order valence-electron chi connectivity index (χ4n) is 11.6. The molecule has 14 aromatic rings. The van der Waals surface area contributed by atoms with E-state index < -0.39 is 0 Å². The summed E-state index contributed by atoms with van der Waals surface area (Å²) in [6.07, 6.45) is 0. The summed E-state index contributed by atoms with van der Waals surface area (Å²) in [7, 11) is 0. The van der Waals surface area contributed by atoms with Gasteiger partial charge in [-0.1, -0.05) is 218 Å². The van der Waals surface area contributed by atoms with Crippen LogP contribution in [-0.2, 0) is 0 Å². The van der Waals surface area contributed by atoms with Crippen molar-refractivity contribution in [3.8, 4) is 50.2 Å². The number of rotatable bonds is 8. The molecule has 72 heavy (non-hydrogen) atoms. The SMILES string of the molecule is c1ccc(-c2c(-c3ccccc3)c3cc(-c4ccc(N(c5cccc(-c6cccc7c6c6ccccc6n7-c6ccccc6)c5)c5cc6ccccc6c6ccccc56)cc4)ccc3c3ccccc23)cc1. The molecule has 1 aromatic heterocycles. The van der Waals surface area contributed by atoms with E-state index in [1.807, 2.05) is 0 Å². The van der Waals surface area contributed by atoms with E-state index in [9.17, 15) is 0 Å². The van der Waals surface area contributed by atoms with Crippen LogP contribution in [0.2, 0.25) is 0 Å². The standard InChI is InChI=1S/C70H46N2/c1-4-20-48(21-5-1)68-62-33-15-13-31-59(62)60-43-40-50(45-64(60)69(68)49-22-6-2-7-23-49)47-38-41-54(42-39-47)71(67-46-52-24-10-11-29-56(52)58-30-12-14-32-61(58)67)55-28-18-25-51(44-55)57-35-19-37-66-70(57)63-34-16-17-36-65(63)72(66)53-26-8-3-9-27-53/h1-46H. The van der Waals surface area contributed by atoms with Gasteiger partial charge >= 0.3 is 0 Å². The lowest BCUT2D eigenvalue weighted by Crippen LogP contribution is -2.11. The molecule has 0 spiro atoms. The Kier molecular flexibility index (Phi) is 9.89. The molecule has 0 unspecified atom stereocenters. The van der Waals surface area contributed by atoms with Gasteiger partial charge in [-0.3, -0.25) is 0 Å². The van der Waals surface area contributed by atoms with E-state index in [1.165, 1.54) is 98.3 Å². The molecule has 0 N–H and O–H groups in total. The monoisotopic (exact) mass is 914 g/mol. The first-order valence-electron chi connectivity index (χ1n) is 24.8. The average molecular weight is 915 g/mol. The molecular formula is C70H46N2. The van der Waals surface area contributed by atoms with Crippen LogP contribution in [-0.4, -0.2) is 4.57 Å².